The van der Waals surface area contributed by atoms with Gasteiger partial charge in [-0.1, -0.05) is 6.92 Å². The molecule has 1 atom stereocenters. The van der Waals surface area contributed by atoms with Crippen LogP contribution in [0.4, 0.5) is 0 Å². The maximum absolute atomic E-state index is 10.5. The molecule has 16 heavy (non-hydrogen) atoms. The van der Waals surface area contributed by atoms with Crippen LogP contribution in [0, 0.1) is 17.2 Å². The van der Waals surface area contributed by atoms with E-state index in [1.54, 1.807) is 0 Å². The van der Waals surface area contributed by atoms with Crippen LogP contribution in [-0.4, -0.2) is 35.2 Å². The third-order valence-corrected chi connectivity index (χ3v) is 3.89. The molecule has 92 valence electrons. The monoisotopic (exact) mass is 224 g/mol. The molecule has 0 bridgehead atoms. The fourth-order valence-corrected chi connectivity index (χ4v) is 2.37. The van der Waals surface area contributed by atoms with Crippen LogP contribution in [0.5, 0.6) is 0 Å². The van der Waals surface area contributed by atoms with Crippen molar-refractivity contribution in [1.29, 1.82) is 5.26 Å². The maximum atomic E-state index is 10.5. The molecular formula is C13H24N2O. The summed E-state index contributed by atoms with van der Waals surface area (Å²) in [6, 6.07) is 2.41. The van der Waals surface area contributed by atoms with Gasteiger partial charge in [0.25, 0.3) is 0 Å². The van der Waals surface area contributed by atoms with Gasteiger partial charge in [0.2, 0.25) is 0 Å². The molecule has 1 rings (SSSR count). The molecule has 0 aromatic heterocycles. The molecule has 1 saturated carbocycles. The zero-order chi connectivity index (χ0) is 12.2. The zero-order valence-corrected chi connectivity index (χ0v) is 10.7. The Bertz CT molecular complexity index is 251. The lowest BCUT2D eigenvalue weighted by atomic mass is 9.79. The largest absolute Gasteiger partial charge is 0.389 e. The molecule has 0 saturated heterocycles. The van der Waals surface area contributed by atoms with E-state index >= 15 is 0 Å². The van der Waals surface area contributed by atoms with E-state index in [0.717, 1.165) is 31.6 Å². The van der Waals surface area contributed by atoms with Crippen molar-refractivity contribution in [2.75, 3.05) is 13.6 Å². The molecule has 1 aliphatic rings. The molecule has 0 spiro atoms. The highest BCUT2D eigenvalue weighted by Crippen LogP contribution is 2.32. The molecule has 0 aromatic carbocycles. The van der Waals surface area contributed by atoms with E-state index in [1.807, 2.05) is 14.0 Å². The molecule has 1 unspecified atom stereocenters. The summed E-state index contributed by atoms with van der Waals surface area (Å²) >= 11 is 0. The molecule has 1 aliphatic carbocycles. The van der Waals surface area contributed by atoms with E-state index in [9.17, 15) is 5.11 Å². The molecule has 0 heterocycles. The lowest BCUT2D eigenvalue weighted by Gasteiger charge is -2.39. The van der Waals surface area contributed by atoms with Gasteiger partial charge >= 0.3 is 0 Å². The van der Waals surface area contributed by atoms with Crippen molar-refractivity contribution in [3.05, 3.63) is 0 Å². The summed E-state index contributed by atoms with van der Waals surface area (Å²) in [4.78, 5) is 2.11. The van der Waals surface area contributed by atoms with E-state index in [-0.39, 0.29) is 6.04 Å². The number of nitrogens with zero attached hydrogens (tertiary/aromatic N) is 2. The smallest absolute Gasteiger partial charge is 0.0774 e. The average molecular weight is 224 g/mol. The summed E-state index contributed by atoms with van der Waals surface area (Å²) in [6.07, 6.45) is 4.58. The minimum Gasteiger partial charge on any atom is -0.389 e. The lowest BCUT2D eigenvalue weighted by Crippen LogP contribution is -2.46. The number of nitriles is 1. The summed E-state index contributed by atoms with van der Waals surface area (Å²) in [5, 5.41) is 19.1. The molecule has 0 radical (unpaired) electrons. The van der Waals surface area contributed by atoms with Gasteiger partial charge < -0.3 is 5.11 Å². The molecule has 0 amide bonds. The van der Waals surface area contributed by atoms with Gasteiger partial charge in [-0.15, -0.1) is 0 Å². The first-order valence-electron chi connectivity index (χ1n) is 6.26. The van der Waals surface area contributed by atoms with Gasteiger partial charge in [0.05, 0.1) is 18.1 Å². The highest BCUT2D eigenvalue weighted by molar-refractivity contribution is 4.89. The topological polar surface area (TPSA) is 47.3 Å². The number of hydrogen-bond donors (Lipinski definition) is 1. The Hall–Kier alpha value is -0.590. The Balaban J connectivity index is 2.43. The number of aliphatic hydroxyl groups is 1. The van der Waals surface area contributed by atoms with Crippen LogP contribution in [0.1, 0.15) is 46.0 Å². The van der Waals surface area contributed by atoms with Crippen molar-refractivity contribution in [1.82, 2.24) is 4.90 Å². The molecule has 3 nitrogen and oxygen atoms in total. The normalized spacial score (nSPS) is 32.4. The van der Waals surface area contributed by atoms with Gasteiger partial charge in [-0.25, -0.2) is 0 Å². The number of rotatable bonds is 4. The fourth-order valence-electron chi connectivity index (χ4n) is 2.37. The standard InChI is InChI=1S/C13H24N2O/c1-11-4-7-13(16,8-5-11)10-15(3)12(2)6-9-14/h11-12,16H,4-8,10H2,1-3H3. The van der Waals surface area contributed by atoms with Crippen LogP contribution in [0.2, 0.25) is 0 Å². The van der Waals surface area contributed by atoms with E-state index in [1.165, 1.54) is 0 Å². The van der Waals surface area contributed by atoms with E-state index < -0.39 is 5.60 Å². The van der Waals surface area contributed by atoms with Crippen molar-refractivity contribution in [3.63, 3.8) is 0 Å². The third kappa shape index (κ3) is 3.77. The quantitative estimate of drug-likeness (QED) is 0.796. The summed E-state index contributed by atoms with van der Waals surface area (Å²) in [6.45, 7) is 4.99. The van der Waals surface area contributed by atoms with Gasteiger partial charge in [-0.3, -0.25) is 4.90 Å². The Morgan fingerprint density at radius 2 is 2.06 bits per heavy atom. The van der Waals surface area contributed by atoms with Crippen LogP contribution in [0.25, 0.3) is 0 Å². The Morgan fingerprint density at radius 3 is 2.56 bits per heavy atom. The highest BCUT2D eigenvalue weighted by atomic mass is 16.3. The minimum absolute atomic E-state index is 0.230. The summed E-state index contributed by atoms with van der Waals surface area (Å²) in [7, 11) is 2.00. The van der Waals surface area contributed by atoms with Gasteiger partial charge in [0.1, 0.15) is 0 Å². The number of hydrogen-bond acceptors (Lipinski definition) is 3. The van der Waals surface area contributed by atoms with Crippen molar-refractivity contribution in [2.24, 2.45) is 5.92 Å². The SMILES string of the molecule is CC1CCC(O)(CN(C)C(C)CC#N)CC1. The second-order valence-corrected chi connectivity index (χ2v) is 5.53. The lowest BCUT2D eigenvalue weighted by molar-refractivity contribution is -0.0361. The molecule has 0 aliphatic heterocycles. The molecule has 0 aromatic rings. The van der Waals surface area contributed by atoms with Crippen molar-refractivity contribution >= 4 is 0 Å². The van der Waals surface area contributed by atoms with Crippen molar-refractivity contribution in [3.8, 4) is 6.07 Å². The Kier molecular flexibility index (Phi) is 4.76. The van der Waals surface area contributed by atoms with Gasteiger partial charge in [0.15, 0.2) is 0 Å². The second-order valence-electron chi connectivity index (χ2n) is 5.53. The first-order chi connectivity index (χ1) is 7.47. The molecule has 1 N–H and O–H groups in total. The van der Waals surface area contributed by atoms with Gasteiger partial charge in [-0.05, 0) is 45.6 Å². The average Bonchev–Trinajstić information content (AvgIpc) is 2.23. The highest BCUT2D eigenvalue weighted by Gasteiger charge is 2.33. The zero-order valence-electron chi connectivity index (χ0n) is 10.7. The second kappa shape index (κ2) is 5.65. The van der Waals surface area contributed by atoms with E-state index in [4.69, 9.17) is 5.26 Å². The summed E-state index contributed by atoms with van der Waals surface area (Å²) < 4.78 is 0. The molecule has 3 heteroatoms. The van der Waals surface area contributed by atoms with E-state index in [0.29, 0.717) is 13.0 Å². The van der Waals surface area contributed by atoms with Crippen molar-refractivity contribution < 1.29 is 5.11 Å². The van der Waals surface area contributed by atoms with E-state index in [2.05, 4.69) is 17.9 Å². The first-order valence-corrected chi connectivity index (χ1v) is 6.26. The summed E-state index contributed by atoms with van der Waals surface area (Å²) in [5.74, 6) is 0.752. The van der Waals surface area contributed by atoms with Crippen molar-refractivity contribution in [2.45, 2.75) is 57.6 Å². The fraction of sp³-hybridized carbons (Fsp3) is 0.923. The Labute approximate surface area is 99.1 Å². The van der Waals surface area contributed by atoms with Crippen LogP contribution < -0.4 is 0 Å². The maximum Gasteiger partial charge on any atom is 0.0774 e. The van der Waals surface area contributed by atoms with Crippen LogP contribution >= 0.6 is 0 Å². The van der Waals surface area contributed by atoms with Crippen LogP contribution in [0.15, 0.2) is 0 Å². The predicted octanol–water partition coefficient (Wildman–Crippen LogP) is 2.16. The molecular weight excluding hydrogens is 200 g/mol. The molecule has 1 fully saturated rings. The minimum atomic E-state index is -0.523. The van der Waals surface area contributed by atoms with Crippen LogP contribution in [-0.2, 0) is 0 Å². The third-order valence-electron chi connectivity index (χ3n) is 3.89. The summed E-state index contributed by atoms with van der Waals surface area (Å²) in [5.41, 5.74) is -0.523. The Morgan fingerprint density at radius 1 is 1.50 bits per heavy atom. The first kappa shape index (κ1) is 13.5. The van der Waals surface area contributed by atoms with Gasteiger partial charge in [-0.2, -0.15) is 5.26 Å². The van der Waals surface area contributed by atoms with Gasteiger partial charge in [0, 0.05) is 12.6 Å². The van der Waals surface area contributed by atoms with Crippen LogP contribution in [0.3, 0.4) is 0 Å². The predicted molar refractivity (Wildman–Crippen MR) is 64.9 cm³/mol. The number of likely N-dealkylation sites (N-methyl/N-ethyl adjacent to an activating group) is 1.